The van der Waals surface area contributed by atoms with Crippen LogP contribution in [0.5, 0.6) is 5.75 Å². The summed E-state index contributed by atoms with van der Waals surface area (Å²) in [6.45, 7) is 3.73. The van der Waals surface area contributed by atoms with E-state index in [4.69, 9.17) is 10.00 Å². The summed E-state index contributed by atoms with van der Waals surface area (Å²) in [6.07, 6.45) is 2.87. The second-order valence-electron chi connectivity index (χ2n) is 5.37. The van der Waals surface area contributed by atoms with E-state index in [1.54, 1.807) is 12.1 Å². The molecule has 0 saturated carbocycles. The number of hydrogen-bond acceptors (Lipinski definition) is 9. The standard InChI is InChI=1S/C17H16N8O/c1-10-4-16(23-11(2)22-10)24-14-6-15(21-9-20-14)25-17-13(26-3)5-12(7-18)8-19-17/h4-6,8-9H,1-3H3,(H2,19,20,21,22,23,24,25). The molecule has 0 aromatic carbocycles. The first-order valence-corrected chi connectivity index (χ1v) is 7.70. The highest BCUT2D eigenvalue weighted by molar-refractivity contribution is 5.64. The average Bonchev–Trinajstić information content (AvgIpc) is 2.61. The van der Waals surface area contributed by atoms with Gasteiger partial charge in [-0.05, 0) is 13.8 Å². The smallest absolute Gasteiger partial charge is 0.174 e. The number of nitrogens with zero attached hydrogens (tertiary/aromatic N) is 6. The zero-order valence-corrected chi connectivity index (χ0v) is 14.5. The van der Waals surface area contributed by atoms with Gasteiger partial charge >= 0.3 is 0 Å². The van der Waals surface area contributed by atoms with Crippen molar-refractivity contribution in [1.29, 1.82) is 5.26 Å². The molecule has 130 valence electrons. The van der Waals surface area contributed by atoms with Crippen LogP contribution in [0, 0.1) is 25.2 Å². The number of rotatable bonds is 5. The maximum atomic E-state index is 8.95. The summed E-state index contributed by atoms with van der Waals surface area (Å²) in [5, 5.41) is 15.1. The number of hydrogen-bond donors (Lipinski definition) is 2. The van der Waals surface area contributed by atoms with Crippen LogP contribution in [0.1, 0.15) is 17.1 Å². The maximum Gasteiger partial charge on any atom is 0.174 e. The van der Waals surface area contributed by atoms with Crippen LogP contribution in [0.15, 0.2) is 30.7 Å². The van der Waals surface area contributed by atoms with Gasteiger partial charge in [0.2, 0.25) is 0 Å². The minimum atomic E-state index is 0.409. The zero-order valence-electron chi connectivity index (χ0n) is 14.5. The molecule has 9 heteroatoms. The van der Waals surface area contributed by atoms with Crippen LogP contribution < -0.4 is 15.4 Å². The number of nitriles is 1. The van der Waals surface area contributed by atoms with E-state index < -0.39 is 0 Å². The Bertz CT molecular complexity index is 962. The van der Waals surface area contributed by atoms with E-state index >= 15 is 0 Å². The molecule has 0 spiro atoms. The number of ether oxygens (including phenoxy) is 1. The molecule has 2 N–H and O–H groups in total. The van der Waals surface area contributed by atoms with Gasteiger partial charge in [0.15, 0.2) is 11.6 Å². The second-order valence-corrected chi connectivity index (χ2v) is 5.37. The summed E-state index contributed by atoms with van der Waals surface area (Å²) in [7, 11) is 1.51. The van der Waals surface area contributed by atoms with Gasteiger partial charge in [0.25, 0.3) is 0 Å². The van der Waals surface area contributed by atoms with Crippen molar-refractivity contribution in [3.8, 4) is 11.8 Å². The number of nitrogens with one attached hydrogen (secondary N) is 2. The molecule has 3 heterocycles. The molecule has 0 atom stereocenters. The molecule has 3 rings (SSSR count). The van der Waals surface area contributed by atoms with Gasteiger partial charge in [-0.3, -0.25) is 0 Å². The third-order valence-corrected chi connectivity index (χ3v) is 3.34. The first-order chi connectivity index (χ1) is 12.6. The lowest BCUT2D eigenvalue weighted by molar-refractivity contribution is 0.415. The number of aryl methyl sites for hydroxylation is 2. The van der Waals surface area contributed by atoms with Crippen LogP contribution >= 0.6 is 0 Å². The number of methoxy groups -OCH3 is 1. The third kappa shape index (κ3) is 3.99. The number of pyridine rings is 1. The minimum Gasteiger partial charge on any atom is -0.493 e. The van der Waals surface area contributed by atoms with Crippen molar-refractivity contribution in [3.63, 3.8) is 0 Å². The lowest BCUT2D eigenvalue weighted by Gasteiger charge is -2.11. The molecule has 3 aromatic heterocycles. The second kappa shape index (κ2) is 7.40. The topological polar surface area (TPSA) is 122 Å². The predicted molar refractivity (Wildman–Crippen MR) is 95.6 cm³/mol. The molecule has 3 aromatic rings. The van der Waals surface area contributed by atoms with Gasteiger partial charge in [0.1, 0.15) is 35.7 Å². The van der Waals surface area contributed by atoms with E-state index in [-0.39, 0.29) is 0 Å². The molecule has 0 radical (unpaired) electrons. The molecule has 0 saturated heterocycles. The fraction of sp³-hybridized carbons (Fsp3) is 0.176. The minimum absolute atomic E-state index is 0.409. The first-order valence-electron chi connectivity index (χ1n) is 7.70. The van der Waals surface area contributed by atoms with Crippen molar-refractivity contribution in [2.24, 2.45) is 0 Å². The molecule has 0 bridgehead atoms. The Hall–Kier alpha value is -3.80. The van der Waals surface area contributed by atoms with Crippen LogP contribution in [0.4, 0.5) is 23.3 Å². The monoisotopic (exact) mass is 348 g/mol. The van der Waals surface area contributed by atoms with Gasteiger partial charge in [0, 0.05) is 30.1 Å². The largest absolute Gasteiger partial charge is 0.493 e. The Kier molecular flexibility index (Phi) is 4.85. The fourth-order valence-electron chi connectivity index (χ4n) is 2.28. The Morgan fingerprint density at radius 2 is 1.73 bits per heavy atom. The van der Waals surface area contributed by atoms with Crippen LogP contribution in [0.2, 0.25) is 0 Å². The normalized spacial score (nSPS) is 10.1. The van der Waals surface area contributed by atoms with Crippen molar-refractivity contribution < 1.29 is 4.74 Å². The van der Waals surface area contributed by atoms with Gasteiger partial charge in [-0.15, -0.1) is 0 Å². The van der Waals surface area contributed by atoms with E-state index in [0.717, 1.165) is 5.69 Å². The maximum absolute atomic E-state index is 8.95. The van der Waals surface area contributed by atoms with E-state index in [9.17, 15) is 0 Å². The number of anilines is 4. The lowest BCUT2D eigenvalue weighted by Crippen LogP contribution is -2.03. The van der Waals surface area contributed by atoms with Crippen molar-refractivity contribution in [3.05, 3.63) is 47.8 Å². The average molecular weight is 348 g/mol. The van der Waals surface area contributed by atoms with Crippen LogP contribution in [0.3, 0.4) is 0 Å². The molecule has 0 fully saturated rings. The molecule has 0 aliphatic carbocycles. The summed E-state index contributed by atoms with van der Waals surface area (Å²) in [5.41, 5.74) is 1.27. The molecular formula is C17H16N8O. The van der Waals surface area contributed by atoms with E-state index in [2.05, 4.69) is 35.6 Å². The summed E-state index contributed by atoms with van der Waals surface area (Å²) in [6, 6.07) is 7.16. The predicted octanol–water partition coefficient (Wildman–Crippen LogP) is 2.65. The summed E-state index contributed by atoms with van der Waals surface area (Å²) in [4.78, 5) is 21.1. The van der Waals surface area contributed by atoms with Crippen molar-refractivity contribution >= 4 is 23.3 Å². The molecule has 0 aliphatic rings. The van der Waals surface area contributed by atoms with Crippen molar-refractivity contribution in [2.45, 2.75) is 13.8 Å². The molecule has 0 amide bonds. The Balaban J connectivity index is 1.83. The fourth-order valence-corrected chi connectivity index (χ4v) is 2.28. The Labute approximate surface area is 150 Å². The highest BCUT2D eigenvalue weighted by Crippen LogP contribution is 2.26. The quantitative estimate of drug-likeness (QED) is 0.716. The lowest BCUT2D eigenvalue weighted by atomic mass is 10.3. The van der Waals surface area contributed by atoms with Crippen LogP contribution in [-0.4, -0.2) is 32.0 Å². The van der Waals surface area contributed by atoms with Crippen LogP contribution in [0.25, 0.3) is 0 Å². The van der Waals surface area contributed by atoms with E-state index in [0.29, 0.717) is 40.4 Å². The van der Waals surface area contributed by atoms with Crippen molar-refractivity contribution in [1.82, 2.24) is 24.9 Å². The Morgan fingerprint density at radius 1 is 0.962 bits per heavy atom. The molecule has 0 unspecified atom stereocenters. The highest BCUT2D eigenvalue weighted by Gasteiger charge is 2.09. The molecule has 0 aliphatic heterocycles. The zero-order chi connectivity index (χ0) is 18.5. The third-order valence-electron chi connectivity index (χ3n) is 3.34. The van der Waals surface area contributed by atoms with Crippen LogP contribution in [-0.2, 0) is 0 Å². The van der Waals surface area contributed by atoms with Gasteiger partial charge in [-0.25, -0.2) is 24.9 Å². The Morgan fingerprint density at radius 3 is 2.42 bits per heavy atom. The first kappa shape index (κ1) is 17.0. The van der Waals surface area contributed by atoms with Gasteiger partial charge in [-0.2, -0.15) is 5.26 Å². The highest BCUT2D eigenvalue weighted by atomic mass is 16.5. The molecule has 26 heavy (non-hydrogen) atoms. The number of aromatic nitrogens is 5. The van der Waals surface area contributed by atoms with Gasteiger partial charge < -0.3 is 15.4 Å². The summed E-state index contributed by atoms with van der Waals surface area (Å²) >= 11 is 0. The van der Waals surface area contributed by atoms with Gasteiger partial charge in [-0.1, -0.05) is 0 Å². The van der Waals surface area contributed by atoms with Crippen molar-refractivity contribution in [2.75, 3.05) is 17.7 Å². The van der Waals surface area contributed by atoms with E-state index in [1.807, 2.05) is 26.0 Å². The summed E-state index contributed by atoms with van der Waals surface area (Å²) < 4.78 is 5.26. The SMILES string of the molecule is COc1cc(C#N)cnc1Nc1cc(Nc2cc(C)nc(C)n2)ncn1. The van der Waals surface area contributed by atoms with E-state index in [1.165, 1.54) is 19.6 Å². The molecule has 9 nitrogen and oxygen atoms in total. The summed E-state index contributed by atoms with van der Waals surface area (Å²) in [5.74, 6) is 3.29. The van der Waals surface area contributed by atoms with Gasteiger partial charge in [0.05, 0.1) is 12.7 Å². The molecular weight excluding hydrogens is 332 g/mol.